The first-order chi connectivity index (χ1) is 16.1. The van der Waals surface area contributed by atoms with Crippen molar-refractivity contribution >= 4 is 33.2 Å². The van der Waals surface area contributed by atoms with Gasteiger partial charge in [-0.2, -0.15) is 0 Å². The molecule has 0 N–H and O–H groups in total. The lowest BCUT2D eigenvalue weighted by molar-refractivity contribution is 0.171. The van der Waals surface area contributed by atoms with E-state index in [1.807, 2.05) is 60.9 Å². The van der Waals surface area contributed by atoms with E-state index in [0.717, 1.165) is 23.1 Å². The summed E-state index contributed by atoms with van der Waals surface area (Å²) in [7, 11) is 0. The molecule has 166 valence electrons. The summed E-state index contributed by atoms with van der Waals surface area (Å²) in [6, 6.07) is 13.4. The molecule has 0 unspecified atom stereocenters. The highest BCUT2D eigenvalue weighted by Gasteiger charge is 2.24. The molecule has 2 aromatic carbocycles. The molecule has 0 aliphatic carbocycles. The molecule has 8 nitrogen and oxygen atoms in total. The second kappa shape index (κ2) is 7.30. The van der Waals surface area contributed by atoms with Gasteiger partial charge < -0.3 is 9.47 Å². The lowest BCUT2D eigenvalue weighted by Gasteiger charge is -2.19. The van der Waals surface area contributed by atoms with Crippen molar-refractivity contribution in [1.29, 1.82) is 0 Å². The molecule has 0 spiro atoms. The van der Waals surface area contributed by atoms with Gasteiger partial charge in [0.1, 0.15) is 29.9 Å². The van der Waals surface area contributed by atoms with Crippen LogP contribution in [0.4, 0.5) is 0 Å². The Kier molecular flexibility index (Phi) is 4.36. The van der Waals surface area contributed by atoms with Crippen LogP contribution < -0.4 is 15.0 Å². The monoisotopic (exact) mass is 441 g/mol. The normalized spacial score (nSPS) is 14.3. The van der Waals surface area contributed by atoms with Gasteiger partial charge in [0.25, 0.3) is 5.56 Å². The quantitative estimate of drug-likeness (QED) is 0.414. The Morgan fingerprint density at radius 3 is 2.45 bits per heavy atom. The van der Waals surface area contributed by atoms with Gasteiger partial charge in [0, 0.05) is 12.1 Å². The fraction of sp³-hybridized carbons (Fsp3) is 0.280. The van der Waals surface area contributed by atoms with Crippen LogP contribution in [0.15, 0.2) is 47.3 Å². The summed E-state index contributed by atoms with van der Waals surface area (Å²) in [6.45, 7) is 6.98. The van der Waals surface area contributed by atoms with Crippen LogP contribution in [0.25, 0.3) is 38.9 Å². The minimum Gasteiger partial charge on any atom is -0.486 e. The second-order valence-corrected chi connectivity index (χ2v) is 8.34. The maximum absolute atomic E-state index is 13.8. The predicted molar refractivity (Wildman–Crippen MR) is 127 cm³/mol. The molecule has 4 heterocycles. The molecule has 0 radical (unpaired) electrons. The van der Waals surface area contributed by atoms with E-state index in [4.69, 9.17) is 24.4 Å². The molecule has 8 heteroatoms. The Balaban J connectivity index is 1.77. The van der Waals surface area contributed by atoms with Gasteiger partial charge in [-0.1, -0.05) is 19.1 Å². The Morgan fingerprint density at radius 1 is 0.970 bits per heavy atom. The molecule has 0 saturated heterocycles. The second-order valence-electron chi connectivity index (χ2n) is 8.34. The van der Waals surface area contributed by atoms with Gasteiger partial charge >= 0.3 is 0 Å². The first kappa shape index (κ1) is 19.7. The first-order valence-corrected chi connectivity index (χ1v) is 11.2. The highest BCUT2D eigenvalue weighted by atomic mass is 16.6. The van der Waals surface area contributed by atoms with E-state index in [1.165, 1.54) is 0 Å². The average molecular weight is 441 g/mol. The first-order valence-electron chi connectivity index (χ1n) is 11.2. The molecule has 5 aromatic rings. The standard InChI is InChI=1S/C25H23N5O3/c1-4-14(2)29-15(3)26-23-21(25(29)31)22-24(28-18-8-6-5-7-17(18)27-22)30(23)16-9-10-19-20(13-16)33-12-11-32-19/h5-10,13-14H,4,11-12H2,1-3H3/t14-/m0/s1. The van der Waals surface area contributed by atoms with Crippen LogP contribution in [0.1, 0.15) is 32.1 Å². The molecule has 0 bridgehead atoms. The Bertz CT molecular complexity index is 1620. The van der Waals surface area contributed by atoms with Crippen LogP contribution in [0.5, 0.6) is 11.5 Å². The third kappa shape index (κ3) is 2.90. The third-order valence-corrected chi connectivity index (χ3v) is 6.30. The number of rotatable bonds is 3. The zero-order valence-electron chi connectivity index (χ0n) is 18.7. The lowest BCUT2D eigenvalue weighted by atomic mass is 10.2. The number of benzene rings is 2. The van der Waals surface area contributed by atoms with Crippen molar-refractivity contribution in [3.8, 4) is 17.2 Å². The van der Waals surface area contributed by atoms with E-state index in [1.54, 1.807) is 4.57 Å². The molecule has 0 amide bonds. The number of nitrogens with zero attached hydrogens (tertiary/aromatic N) is 5. The Hall–Kier alpha value is -3.94. The number of para-hydroxylation sites is 2. The Morgan fingerprint density at radius 2 is 1.70 bits per heavy atom. The topological polar surface area (TPSA) is 84.1 Å². The molecule has 1 aliphatic rings. The number of aryl methyl sites for hydroxylation is 1. The predicted octanol–water partition coefficient (Wildman–Crippen LogP) is 4.33. The van der Waals surface area contributed by atoms with Gasteiger partial charge in [-0.05, 0) is 44.5 Å². The zero-order valence-corrected chi connectivity index (χ0v) is 18.7. The van der Waals surface area contributed by atoms with E-state index in [-0.39, 0.29) is 11.6 Å². The smallest absolute Gasteiger partial charge is 0.265 e. The zero-order chi connectivity index (χ0) is 22.7. The minimum absolute atomic E-state index is 0.0236. The highest BCUT2D eigenvalue weighted by Crippen LogP contribution is 2.35. The SMILES string of the molecule is CC[C@H](C)n1c(C)nc2c(c1=O)c1nc3ccccc3nc1n2-c1ccc2c(c1)OCCO2. The number of ether oxygens (including phenoxy) is 2. The van der Waals surface area contributed by atoms with Crippen LogP contribution in [-0.4, -0.2) is 37.3 Å². The van der Waals surface area contributed by atoms with E-state index in [2.05, 4.69) is 6.92 Å². The molecular formula is C25H23N5O3. The molecule has 33 heavy (non-hydrogen) atoms. The molecule has 1 aliphatic heterocycles. The van der Waals surface area contributed by atoms with Crippen LogP contribution >= 0.6 is 0 Å². The molecule has 6 rings (SSSR count). The summed E-state index contributed by atoms with van der Waals surface area (Å²) in [5.74, 6) is 2.02. The largest absolute Gasteiger partial charge is 0.486 e. The summed E-state index contributed by atoms with van der Waals surface area (Å²) >= 11 is 0. The van der Waals surface area contributed by atoms with Crippen LogP contribution in [0, 0.1) is 6.92 Å². The van der Waals surface area contributed by atoms with E-state index < -0.39 is 0 Å². The number of hydrogen-bond acceptors (Lipinski definition) is 6. The van der Waals surface area contributed by atoms with Crippen molar-refractivity contribution in [3.05, 3.63) is 58.6 Å². The highest BCUT2D eigenvalue weighted by molar-refractivity contribution is 6.05. The summed E-state index contributed by atoms with van der Waals surface area (Å²) in [5, 5.41) is 0.476. The molecular weight excluding hydrogens is 418 g/mol. The lowest BCUT2D eigenvalue weighted by Crippen LogP contribution is -2.26. The van der Waals surface area contributed by atoms with Gasteiger partial charge in [-0.3, -0.25) is 13.9 Å². The fourth-order valence-corrected chi connectivity index (χ4v) is 4.53. The number of hydrogen-bond donors (Lipinski definition) is 0. The van der Waals surface area contributed by atoms with E-state index in [9.17, 15) is 4.79 Å². The number of fused-ring (bicyclic) bond motifs is 5. The van der Waals surface area contributed by atoms with Crippen molar-refractivity contribution in [3.63, 3.8) is 0 Å². The van der Waals surface area contributed by atoms with Crippen LogP contribution in [0.2, 0.25) is 0 Å². The van der Waals surface area contributed by atoms with Gasteiger partial charge in [0.05, 0.1) is 16.7 Å². The van der Waals surface area contributed by atoms with Gasteiger partial charge in [-0.25, -0.2) is 15.0 Å². The molecule has 0 saturated carbocycles. The van der Waals surface area contributed by atoms with Crippen molar-refractivity contribution in [2.45, 2.75) is 33.2 Å². The summed E-state index contributed by atoms with van der Waals surface area (Å²) in [5.41, 5.74) is 3.86. The van der Waals surface area contributed by atoms with E-state index >= 15 is 0 Å². The van der Waals surface area contributed by atoms with Crippen molar-refractivity contribution in [1.82, 2.24) is 24.1 Å². The number of aromatic nitrogens is 5. The Labute approximate surface area is 189 Å². The molecule has 1 atom stereocenters. The summed E-state index contributed by atoms with van der Waals surface area (Å²) < 4.78 is 15.2. The average Bonchev–Trinajstić information content (AvgIpc) is 3.14. The minimum atomic E-state index is -0.0993. The van der Waals surface area contributed by atoms with Gasteiger partial charge in [-0.15, -0.1) is 0 Å². The van der Waals surface area contributed by atoms with Gasteiger partial charge in [0.2, 0.25) is 0 Å². The van der Waals surface area contributed by atoms with E-state index in [0.29, 0.717) is 52.7 Å². The molecule has 3 aromatic heterocycles. The van der Waals surface area contributed by atoms with Crippen LogP contribution in [-0.2, 0) is 0 Å². The van der Waals surface area contributed by atoms with Gasteiger partial charge in [0.15, 0.2) is 22.8 Å². The maximum atomic E-state index is 13.8. The van der Waals surface area contributed by atoms with Crippen molar-refractivity contribution < 1.29 is 9.47 Å². The summed E-state index contributed by atoms with van der Waals surface area (Å²) in [6.07, 6.45) is 0.823. The van der Waals surface area contributed by atoms with Crippen molar-refractivity contribution in [2.24, 2.45) is 0 Å². The fourth-order valence-electron chi connectivity index (χ4n) is 4.53. The molecule has 0 fully saturated rings. The van der Waals surface area contributed by atoms with Crippen LogP contribution in [0.3, 0.4) is 0 Å². The van der Waals surface area contributed by atoms with Crippen molar-refractivity contribution in [2.75, 3.05) is 13.2 Å². The maximum Gasteiger partial charge on any atom is 0.265 e. The third-order valence-electron chi connectivity index (χ3n) is 6.30. The summed E-state index contributed by atoms with van der Waals surface area (Å²) in [4.78, 5) is 28.4.